The Balaban J connectivity index is 2.31. The van der Waals surface area contributed by atoms with Crippen LogP contribution in [0.15, 0.2) is 12.1 Å². The van der Waals surface area contributed by atoms with Crippen molar-refractivity contribution < 1.29 is 13.9 Å². The average Bonchev–Trinajstić information content (AvgIpc) is 3.00. The molecule has 0 atom stereocenters. The Morgan fingerprint density at radius 2 is 2.00 bits per heavy atom. The van der Waals surface area contributed by atoms with Crippen molar-refractivity contribution in [1.82, 2.24) is 0 Å². The molecule has 0 radical (unpaired) electrons. The van der Waals surface area contributed by atoms with E-state index in [9.17, 15) is 8.78 Å². The highest BCUT2D eigenvalue weighted by Gasteiger charge is 2.43. The predicted octanol–water partition coefficient (Wildman–Crippen LogP) is 2.93. The number of aliphatic hydroxyl groups is 1. The predicted molar refractivity (Wildman–Crippen MR) is 53.8 cm³/mol. The van der Waals surface area contributed by atoms with Crippen molar-refractivity contribution in [3.8, 4) is 0 Å². The van der Waals surface area contributed by atoms with Crippen LogP contribution in [0.2, 0.25) is 5.02 Å². The van der Waals surface area contributed by atoms with Gasteiger partial charge in [-0.1, -0.05) is 11.6 Å². The number of hydrogen-bond donors (Lipinski definition) is 1. The van der Waals surface area contributed by atoms with Gasteiger partial charge in [-0.05, 0) is 36.8 Å². The Morgan fingerprint density at radius 1 is 1.33 bits per heavy atom. The van der Waals surface area contributed by atoms with E-state index in [2.05, 4.69) is 0 Å². The van der Waals surface area contributed by atoms with Crippen LogP contribution < -0.4 is 0 Å². The van der Waals surface area contributed by atoms with Gasteiger partial charge in [0.25, 0.3) is 0 Å². The van der Waals surface area contributed by atoms with Crippen LogP contribution in [-0.2, 0) is 6.42 Å². The van der Waals surface area contributed by atoms with Crippen LogP contribution in [0, 0.1) is 17.0 Å². The van der Waals surface area contributed by atoms with Crippen molar-refractivity contribution in [3.63, 3.8) is 0 Å². The fourth-order valence-electron chi connectivity index (χ4n) is 1.67. The molecule has 1 aliphatic carbocycles. The maximum absolute atomic E-state index is 13.5. The number of halogens is 3. The summed E-state index contributed by atoms with van der Waals surface area (Å²) in [5, 5.41) is 9.02. The van der Waals surface area contributed by atoms with Crippen LogP contribution in [0.5, 0.6) is 0 Å². The van der Waals surface area contributed by atoms with Gasteiger partial charge in [0.05, 0.1) is 5.02 Å². The number of aliphatic hydroxyl groups excluding tert-OH is 1. The molecule has 1 aromatic carbocycles. The van der Waals surface area contributed by atoms with E-state index in [1.165, 1.54) is 6.07 Å². The third kappa shape index (κ3) is 1.99. The summed E-state index contributed by atoms with van der Waals surface area (Å²) in [7, 11) is 0. The first-order valence-electron chi connectivity index (χ1n) is 4.81. The van der Waals surface area contributed by atoms with Gasteiger partial charge < -0.3 is 5.11 Å². The minimum absolute atomic E-state index is 0.00551. The highest BCUT2D eigenvalue weighted by Crippen LogP contribution is 2.48. The van der Waals surface area contributed by atoms with Gasteiger partial charge in [0.2, 0.25) is 0 Å². The molecule has 0 bridgehead atoms. The zero-order valence-corrected chi connectivity index (χ0v) is 8.82. The van der Waals surface area contributed by atoms with Crippen molar-refractivity contribution >= 4 is 11.6 Å². The van der Waals surface area contributed by atoms with Crippen molar-refractivity contribution in [2.75, 3.05) is 6.61 Å². The molecular formula is C11H11ClF2O. The lowest BCUT2D eigenvalue weighted by Gasteiger charge is -2.13. The van der Waals surface area contributed by atoms with E-state index >= 15 is 0 Å². The number of hydrogen-bond acceptors (Lipinski definition) is 1. The molecule has 0 unspecified atom stereocenters. The van der Waals surface area contributed by atoms with Crippen LogP contribution in [0.3, 0.4) is 0 Å². The van der Waals surface area contributed by atoms with E-state index < -0.39 is 11.6 Å². The fraction of sp³-hybridized carbons (Fsp3) is 0.455. The topological polar surface area (TPSA) is 20.2 Å². The number of rotatable bonds is 3. The molecule has 0 aliphatic heterocycles. The van der Waals surface area contributed by atoms with Crippen LogP contribution >= 0.6 is 11.6 Å². The van der Waals surface area contributed by atoms with Crippen LogP contribution in [0.1, 0.15) is 18.4 Å². The molecule has 1 aliphatic rings. The zero-order chi connectivity index (χ0) is 11.1. The first-order valence-corrected chi connectivity index (χ1v) is 5.19. The molecule has 0 saturated heterocycles. The van der Waals surface area contributed by atoms with Crippen molar-refractivity contribution in [1.29, 1.82) is 0 Å². The zero-order valence-electron chi connectivity index (χ0n) is 8.06. The second-order valence-corrected chi connectivity index (χ2v) is 4.56. The molecule has 0 spiro atoms. The lowest BCUT2D eigenvalue weighted by molar-refractivity contribution is 0.209. The Labute approximate surface area is 91.7 Å². The van der Waals surface area contributed by atoms with Gasteiger partial charge in [-0.25, -0.2) is 8.78 Å². The molecule has 1 saturated carbocycles. The maximum atomic E-state index is 13.5. The quantitative estimate of drug-likeness (QED) is 0.795. The van der Waals surface area contributed by atoms with E-state index in [0.29, 0.717) is 0 Å². The van der Waals surface area contributed by atoms with Gasteiger partial charge in [-0.3, -0.25) is 0 Å². The van der Waals surface area contributed by atoms with Crippen molar-refractivity contribution in [2.45, 2.75) is 19.3 Å². The smallest absolute Gasteiger partial charge is 0.147 e. The summed E-state index contributed by atoms with van der Waals surface area (Å²) in [4.78, 5) is 0. The number of benzene rings is 1. The lowest BCUT2D eigenvalue weighted by Crippen LogP contribution is -2.12. The first-order chi connectivity index (χ1) is 7.08. The Morgan fingerprint density at radius 3 is 2.53 bits per heavy atom. The lowest BCUT2D eigenvalue weighted by atomic mass is 9.96. The molecule has 0 aromatic heterocycles. The highest BCUT2D eigenvalue weighted by molar-refractivity contribution is 6.30. The van der Waals surface area contributed by atoms with Crippen LogP contribution in [0.4, 0.5) is 8.78 Å². The largest absolute Gasteiger partial charge is 0.396 e. The molecule has 0 amide bonds. The molecule has 15 heavy (non-hydrogen) atoms. The molecule has 4 heteroatoms. The van der Waals surface area contributed by atoms with E-state index in [1.807, 2.05) is 0 Å². The van der Waals surface area contributed by atoms with Gasteiger partial charge in [-0.15, -0.1) is 0 Å². The highest BCUT2D eigenvalue weighted by atomic mass is 35.5. The van der Waals surface area contributed by atoms with Gasteiger partial charge in [-0.2, -0.15) is 0 Å². The van der Waals surface area contributed by atoms with E-state index in [1.54, 1.807) is 0 Å². The molecule has 1 aromatic rings. The summed E-state index contributed by atoms with van der Waals surface area (Å²) < 4.78 is 26.8. The SMILES string of the molecule is OCC1(Cc2c(F)ccc(Cl)c2F)CC1. The van der Waals surface area contributed by atoms with Crippen molar-refractivity contribution in [2.24, 2.45) is 5.41 Å². The standard InChI is InChI=1S/C11H11ClF2O/c12-8-1-2-9(13)7(10(8)14)5-11(6-15)3-4-11/h1-2,15H,3-6H2. The average molecular weight is 233 g/mol. The Kier molecular flexibility index (Phi) is 2.69. The molecule has 1 fully saturated rings. The van der Waals surface area contributed by atoms with Gasteiger partial charge in [0.1, 0.15) is 11.6 Å². The van der Waals surface area contributed by atoms with Crippen LogP contribution in [-0.4, -0.2) is 11.7 Å². The molecule has 2 rings (SSSR count). The van der Waals surface area contributed by atoms with E-state index in [-0.39, 0.29) is 29.0 Å². The summed E-state index contributed by atoms with van der Waals surface area (Å²) in [6, 6.07) is 2.36. The fourth-order valence-corrected chi connectivity index (χ4v) is 1.85. The Hall–Kier alpha value is -0.670. The van der Waals surface area contributed by atoms with Crippen LogP contribution in [0.25, 0.3) is 0 Å². The molecule has 1 nitrogen and oxygen atoms in total. The first kappa shape index (κ1) is 10.8. The molecule has 1 N–H and O–H groups in total. The normalized spacial score (nSPS) is 17.9. The van der Waals surface area contributed by atoms with E-state index in [4.69, 9.17) is 16.7 Å². The third-order valence-corrected chi connectivity index (χ3v) is 3.28. The van der Waals surface area contributed by atoms with Crippen molar-refractivity contribution in [3.05, 3.63) is 34.4 Å². The summed E-state index contributed by atoms with van der Waals surface area (Å²) in [6.07, 6.45) is 1.85. The molecule has 0 heterocycles. The minimum Gasteiger partial charge on any atom is -0.396 e. The Bertz CT molecular complexity index is 388. The van der Waals surface area contributed by atoms with Gasteiger partial charge in [0, 0.05) is 12.2 Å². The monoisotopic (exact) mass is 232 g/mol. The summed E-state index contributed by atoms with van der Waals surface area (Å²) in [5.74, 6) is -1.28. The summed E-state index contributed by atoms with van der Waals surface area (Å²) in [5.41, 5.74) is -0.319. The molecule has 82 valence electrons. The second kappa shape index (κ2) is 3.72. The second-order valence-electron chi connectivity index (χ2n) is 4.16. The van der Waals surface area contributed by atoms with E-state index in [0.717, 1.165) is 18.9 Å². The maximum Gasteiger partial charge on any atom is 0.147 e. The minimum atomic E-state index is -0.698. The van der Waals surface area contributed by atoms with Gasteiger partial charge in [0.15, 0.2) is 0 Å². The molecular weight excluding hydrogens is 222 g/mol. The summed E-state index contributed by atoms with van der Waals surface area (Å²) in [6.45, 7) is -0.0294. The third-order valence-electron chi connectivity index (χ3n) is 2.98. The summed E-state index contributed by atoms with van der Waals surface area (Å²) >= 11 is 5.57. The van der Waals surface area contributed by atoms with Gasteiger partial charge >= 0.3 is 0 Å².